The van der Waals surface area contributed by atoms with Gasteiger partial charge in [-0.3, -0.25) is 0 Å². The molecule has 3 rings (SSSR count). The summed E-state index contributed by atoms with van der Waals surface area (Å²) >= 11 is 0. The average molecular weight is 340 g/mol. The number of benzene rings is 2. The highest BCUT2D eigenvalue weighted by Crippen LogP contribution is 2.45. The van der Waals surface area contributed by atoms with Gasteiger partial charge in [0.2, 0.25) is 0 Å². The molecule has 0 radical (unpaired) electrons. The van der Waals surface area contributed by atoms with Crippen molar-refractivity contribution in [1.29, 1.82) is 0 Å². The molecule has 0 aliphatic carbocycles. The van der Waals surface area contributed by atoms with E-state index in [2.05, 4.69) is 0 Å². The fourth-order valence-corrected chi connectivity index (χ4v) is 2.90. The number of aromatic hydroxyl groups is 2. The number of hydrogen-bond donors (Lipinski definition) is 2. The predicted octanol–water partition coefficient (Wildman–Crippen LogP) is 4.55. The first-order valence-corrected chi connectivity index (χ1v) is 8.00. The molecule has 2 N–H and O–H groups in total. The fraction of sp³-hybridized carbons (Fsp3) is 0.250. The Hall–Kier alpha value is -2.95. The van der Waals surface area contributed by atoms with Crippen LogP contribution in [0.3, 0.4) is 0 Å². The van der Waals surface area contributed by atoms with Crippen LogP contribution in [-0.2, 0) is 6.42 Å². The van der Waals surface area contributed by atoms with Crippen molar-refractivity contribution < 1.29 is 24.5 Å². The van der Waals surface area contributed by atoms with E-state index in [1.165, 1.54) is 18.2 Å². The van der Waals surface area contributed by atoms with Crippen LogP contribution in [0, 0.1) is 13.8 Å². The Morgan fingerprint density at radius 2 is 1.80 bits per heavy atom. The first-order valence-electron chi connectivity index (χ1n) is 8.00. The van der Waals surface area contributed by atoms with Gasteiger partial charge in [0.15, 0.2) is 11.5 Å². The third-order valence-corrected chi connectivity index (χ3v) is 4.21. The van der Waals surface area contributed by atoms with Crippen LogP contribution in [0.5, 0.6) is 28.7 Å². The quantitative estimate of drug-likeness (QED) is 0.476. The lowest BCUT2D eigenvalue weighted by Gasteiger charge is -2.14. The second-order valence-corrected chi connectivity index (χ2v) is 6.44. The normalized spacial score (nSPS) is 12.4. The molecular formula is C20H20O5. The molecule has 1 aliphatic rings. The smallest absolute Gasteiger partial charge is 0.347 e. The Morgan fingerprint density at radius 3 is 2.48 bits per heavy atom. The van der Waals surface area contributed by atoms with Gasteiger partial charge in [-0.05, 0) is 45.7 Å². The zero-order valence-corrected chi connectivity index (χ0v) is 14.6. The second-order valence-electron chi connectivity index (χ2n) is 6.44. The standard InChI is InChI=1S/C20H20O5/c1-10(2)5-6-14-12(4)19-17(9-15(14)22)24-16-8-13(21)7-11(3)18(16)20(23)25-19/h5,7-9,21-22H,6H2,1-4H3. The Labute approximate surface area is 146 Å². The molecule has 0 amide bonds. The molecule has 0 saturated carbocycles. The Kier molecular flexibility index (Phi) is 4.17. The summed E-state index contributed by atoms with van der Waals surface area (Å²) in [4.78, 5) is 12.6. The van der Waals surface area contributed by atoms with Gasteiger partial charge in [0.25, 0.3) is 0 Å². The summed E-state index contributed by atoms with van der Waals surface area (Å²) in [6.07, 6.45) is 2.52. The molecule has 0 bridgehead atoms. The van der Waals surface area contributed by atoms with Crippen molar-refractivity contribution in [3.63, 3.8) is 0 Å². The maximum absolute atomic E-state index is 12.6. The maximum atomic E-state index is 12.6. The second kappa shape index (κ2) is 6.16. The van der Waals surface area contributed by atoms with E-state index >= 15 is 0 Å². The maximum Gasteiger partial charge on any atom is 0.347 e. The zero-order chi connectivity index (χ0) is 18.3. The summed E-state index contributed by atoms with van der Waals surface area (Å²) in [5, 5.41) is 20.2. The highest BCUT2D eigenvalue weighted by molar-refractivity contribution is 5.97. The molecule has 5 nitrogen and oxygen atoms in total. The first kappa shape index (κ1) is 16.9. The summed E-state index contributed by atoms with van der Waals surface area (Å²) < 4.78 is 11.4. The van der Waals surface area contributed by atoms with Gasteiger partial charge in [-0.25, -0.2) is 4.79 Å². The molecule has 0 fully saturated rings. The number of carbonyl (C=O) groups is 1. The van der Waals surface area contributed by atoms with E-state index in [1.54, 1.807) is 13.8 Å². The fourth-order valence-electron chi connectivity index (χ4n) is 2.90. The molecule has 5 heteroatoms. The van der Waals surface area contributed by atoms with Crippen molar-refractivity contribution in [1.82, 2.24) is 0 Å². The highest BCUT2D eigenvalue weighted by atomic mass is 16.6. The molecule has 0 unspecified atom stereocenters. The minimum Gasteiger partial charge on any atom is -0.508 e. The topological polar surface area (TPSA) is 76.0 Å². The van der Waals surface area contributed by atoms with E-state index in [0.29, 0.717) is 23.1 Å². The summed E-state index contributed by atoms with van der Waals surface area (Å²) in [5.41, 5.74) is 3.27. The number of allylic oxidation sites excluding steroid dienone is 2. The van der Waals surface area contributed by atoms with Crippen molar-refractivity contribution in [2.45, 2.75) is 34.1 Å². The number of phenols is 2. The molecule has 130 valence electrons. The molecule has 1 aliphatic heterocycles. The van der Waals surface area contributed by atoms with Crippen LogP contribution in [0.4, 0.5) is 0 Å². The SMILES string of the molecule is CC(C)=CCc1c(O)cc2c(c1C)OC(=O)c1c(C)cc(O)cc1O2. The van der Waals surface area contributed by atoms with E-state index in [4.69, 9.17) is 9.47 Å². The predicted molar refractivity (Wildman–Crippen MR) is 93.9 cm³/mol. The van der Waals surface area contributed by atoms with Gasteiger partial charge >= 0.3 is 5.97 Å². The number of carbonyl (C=O) groups excluding carboxylic acids is 1. The van der Waals surface area contributed by atoms with Crippen LogP contribution in [0.25, 0.3) is 0 Å². The van der Waals surface area contributed by atoms with Gasteiger partial charge in [-0.2, -0.15) is 0 Å². The highest BCUT2D eigenvalue weighted by Gasteiger charge is 2.28. The van der Waals surface area contributed by atoms with Crippen LogP contribution in [0.15, 0.2) is 29.8 Å². The van der Waals surface area contributed by atoms with E-state index in [-0.39, 0.29) is 34.3 Å². The largest absolute Gasteiger partial charge is 0.508 e. The number of rotatable bonds is 2. The Morgan fingerprint density at radius 1 is 1.08 bits per heavy atom. The third kappa shape index (κ3) is 3.05. The lowest BCUT2D eigenvalue weighted by Crippen LogP contribution is -2.10. The average Bonchev–Trinajstić information content (AvgIpc) is 2.63. The first-order chi connectivity index (χ1) is 11.8. The minimum absolute atomic E-state index is 0.00591. The minimum atomic E-state index is -0.548. The molecule has 25 heavy (non-hydrogen) atoms. The lowest BCUT2D eigenvalue weighted by atomic mass is 10.0. The molecule has 2 aromatic rings. The molecule has 0 atom stereocenters. The molecule has 0 spiro atoms. The number of esters is 1. The van der Waals surface area contributed by atoms with Gasteiger partial charge in [0.1, 0.15) is 22.8 Å². The molecular weight excluding hydrogens is 320 g/mol. The van der Waals surface area contributed by atoms with Crippen molar-refractivity contribution in [3.8, 4) is 28.7 Å². The van der Waals surface area contributed by atoms with Crippen molar-refractivity contribution in [2.24, 2.45) is 0 Å². The van der Waals surface area contributed by atoms with Crippen LogP contribution >= 0.6 is 0 Å². The van der Waals surface area contributed by atoms with Gasteiger partial charge in [0, 0.05) is 23.3 Å². The van der Waals surface area contributed by atoms with Crippen LogP contribution in [-0.4, -0.2) is 16.2 Å². The number of fused-ring (bicyclic) bond motifs is 2. The van der Waals surface area contributed by atoms with Crippen molar-refractivity contribution in [2.75, 3.05) is 0 Å². The summed E-state index contributed by atoms with van der Waals surface area (Å²) in [5.74, 6) is 0.257. The molecule has 1 heterocycles. The summed E-state index contributed by atoms with van der Waals surface area (Å²) in [6, 6.07) is 4.28. The zero-order valence-electron chi connectivity index (χ0n) is 14.6. The van der Waals surface area contributed by atoms with Crippen molar-refractivity contribution >= 4 is 5.97 Å². The van der Waals surface area contributed by atoms with Gasteiger partial charge in [-0.1, -0.05) is 11.6 Å². The van der Waals surface area contributed by atoms with Crippen molar-refractivity contribution in [3.05, 3.63) is 52.1 Å². The number of aryl methyl sites for hydroxylation is 1. The molecule has 0 saturated heterocycles. The van der Waals surface area contributed by atoms with E-state index < -0.39 is 5.97 Å². The van der Waals surface area contributed by atoms with E-state index in [1.807, 2.05) is 19.9 Å². The van der Waals surface area contributed by atoms with Crippen LogP contribution in [0.1, 0.15) is 40.9 Å². The summed E-state index contributed by atoms with van der Waals surface area (Å²) in [6.45, 7) is 7.43. The van der Waals surface area contributed by atoms with Crippen LogP contribution < -0.4 is 9.47 Å². The monoisotopic (exact) mass is 340 g/mol. The number of ether oxygens (including phenoxy) is 2. The van der Waals surface area contributed by atoms with E-state index in [0.717, 1.165) is 5.57 Å². The number of phenolic OH excluding ortho intramolecular Hbond substituents is 2. The van der Waals surface area contributed by atoms with Gasteiger partial charge in [0.05, 0.1) is 0 Å². The van der Waals surface area contributed by atoms with Gasteiger partial charge in [-0.15, -0.1) is 0 Å². The molecule has 0 aromatic heterocycles. The van der Waals surface area contributed by atoms with Gasteiger partial charge < -0.3 is 19.7 Å². The number of hydrogen-bond acceptors (Lipinski definition) is 5. The Balaban J connectivity index is 2.15. The summed E-state index contributed by atoms with van der Waals surface area (Å²) in [7, 11) is 0. The third-order valence-electron chi connectivity index (χ3n) is 4.21. The van der Waals surface area contributed by atoms with Crippen LogP contribution in [0.2, 0.25) is 0 Å². The lowest BCUT2D eigenvalue weighted by molar-refractivity contribution is 0.0735. The molecule has 2 aromatic carbocycles. The Bertz CT molecular complexity index is 905. The van der Waals surface area contributed by atoms with E-state index in [9.17, 15) is 15.0 Å².